The van der Waals surface area contributed by atoms with Gasteiger partial charge in [0, 0.05) is 16.2 Å². The average molecular weight is 269 g/mol. The van der Waals surface area contributed by atoms with Gasteiger partial charge in [-0.1, -0.05) is 23.2 Å². The molecule has 0 fully saturated rings. The van der Waals surface area contributed by atoms with Crippen LogP contribution in [0.5, 0.6) is 5.75 Å². The summed E-state index contributed by atoms with van der Waals surface area (Å²) in [5.74, 6) is -0.322. The van der Waals surface area contributed by atoms with Gasteiger partial charge in [-0.15, -0.1) is 0 Å². The van der Waals surface area contributed by atoms with Crippen molar-refractivity contribution >= 4 is 29.2 Å². The Labute approximate surface area is 107 Å². The molecule has 2 rings (SSSR count). The Bertz CT molecular complexity index is 526. The van der Waals surface area contributed by atoms with Crippen molar-refractivity contribution in [3.63, 3.8) is 0 Å². The minimum absolute atomic E-state index is 0.163. The van der Waals surface area contributed by atoms with Gasteiger partial charge in [0.05, 0.1) is 0 Å². The lowest BCUT2D eigenvalue weighted by molar-refractivity contribution is 0.0728. The summed E-state index contributed by atoms with van der Waals surface area (Å²) >= 11 is 11.6. The number of halogens is 2. The topological polar surface area (TPSA) is 52.1 Å². The van der Waals surface area contributed by atoms with Crippen molar-refractivity contribution in [1.29, 1.82) is 0 Å². The SMILES string of the molecule is O=C(Oc1cc(Cl)cc(Cl)c1)c1ccncn1. The largest absolute Gasteiger partial charge is 0.422 e. The molecule has 0 saturated carbocycles. The second-order valence-corrected chi connectivity index (χ2v) is 3.96. The van der Waals surface area contributed by atoms with Crippen LogP contribution >= 0.6 is 23.2 Å². The molecule has 0 saturated heterocycles. The number of hydrogen-bond donors (Lipinski definition) is 0. The van der Waals surface area contributed by atoms with Gasteiger partial charge in [-0.3, -0.25) is 0 Å². The first-order chi connectivity index (χ1) is 8.15. The maximum absolute atomic E-state index is 11.6. The highest BCUT2D eigenvalue weighted by molar-refractivity contribution is 6.34. The van der Waals surface area contributed by atoms with E-state index in [-0.39, 0.29) is 11.4 Å². The zero-order valence-corrected chi connectivity index (χ0v) is 9.94. The first-order valence-electron chi connectivity index (χ1n) is 4.59. The maximum Gasteiger partial charge on any atom is 0.362 e. The van der Waals surface area contributed by atoms with Crippen LogP contribution in [-0.2, 0) is 0 Å². The third kappa shape index (κ3) is 3.15. The molecule has 2 aromatic rings. The molecule has 1 aromatic carbocycles. The van der Waals surface area contributed by atoms with E-state index in [2.05, 4.69) is 9.97 Å². The normalized spacial score (nSPS) is 10.0. The molecule has 6 heteroatoms. The Hall–Kier alpha value is -1.65. The number of rotatable bonds is 2. The predicted molar refractivity (Wildman–Crippen MR) is 63.5 cm³/mol. The molecule has 0 spiro atoms. The first kappa shape index (κ1) is 11.8. The van der Waals surface area contributed by atoms with E-state index in [0.717, 1.165) is 0 Å². The van der Waals surface area contributed by atoms with E-state index in [1.807, 2.05) is 0 Å². The first-order valence-corrected chi connectivity index (χ1v) is 5.35. The smallest absolute Gasteiger partial charge is 0.362 e. The summed E-state index contributed by atoms with van der Waals surface area (Å²) in [5, 5.41) is 0.783. The molecular formula is C11H6Cl2N2O2. The van der Waals surface area contributed by atoms with Crippen molar-refractivity contribution in [1.82, 2.24) is 9.97 Å². The number of nitrogens with zero attached hydrogens (tertiary/aromatic N) is 2. The lowest BCUT2D eigenvalue weighted by Crippen LogP contribution is -2.10. The average Bonchev–Trinajstić information content (AvgIpc) is 2.28. The van der Waals surface area contributed by atoms with Gasteiger partial charge in [-0.25, -0.2) is 14.8 Å². The lowest BCUT2D eigenvalue weighted by atomic mass is 10.3. The van der Waals surface area contributed by atoms with Crippen LogP contribution in [0.1, 0.15) is 10.5 Å². The van der Waals surface area contributed by atoms with Gasteiger partial charge in [-0.05, 0) is 24.3 Å². The third-order valence-corrected chi connectivity index (χ3v) is 2.27. The fraction of sp³-hybridized carbons (Fsp3) is 0. The minimum Gasteiger partial charge on any atom is -0.422 e. The van der Waals surface area contributed by atoms with E-state index in [1.165, 1.54) is 30.7 Å². The number of ether oxygens (including phenoxy) is 1. The number of aromatic nitrogens is 2. The second-order valence-electron chi connectivity index (χ2n) is 3.09. The summed E-state index contributed by atoms with van der Waals surface area (Å²) < 4.78 is 5.06. The van der Waals surface area contributed by atoms with E-state index < -0.39 is 5.97 Å². The molecule has 1 heterocycles. The van der Waals surface area contributed by atoms with Crippen LogP contribution in [0.4, 0.5) is 0 Å². The molecule has 0 aliphatic carbocycles. The monoisotopic (exact) mass is 268 g/mol. The summed E-state index contributed by atoms with van der Waals surface area (Å²) in [6, 6.07) is 5.98. The van der Waals surface area contributed by atoms with E-state index in [1.54, 1.807) is 6.07 Å². The van der Waals surface area contributed by atoms with Gasteiger partial charge in [0.2, 0.25) is 0 Å². The van der Waals surface area contributed by atoms with Gasteiger partial charge < -0.3 is 4.74 Å². The van der Waals surface area contributed by atoms with Crippen molar-refractivity contribution in [2.45, 2.75) is 0 Å². The Morgan fingerprint density at radius 2 is 1.88 bits per heavy atom. The molecular weight excluding hydrogens is 263 g/mol. The zero-order chi connectivity index (χ0) is 12.3. The summed E-state index contributed by atoms with van der Waals surface area (Å²) in [4.78, 5) is 19.1. The van der Waals surface area contributed by atoms with Crippen molar-refractivity contribution in [3.8, 4) is 5.75 Å². The van der Waals surface area contributed by atoms with Crippen LogP contribution in [0.3, 0.4) is 0 Å². The minimum atomic E-state index is -0.592. The molecule has 0 N–H and O–H groups in total. The lowest BCUT2D eigenvalue weighted by Gasteiger charge is -2.04. The third-order valence-electron chi connectivity index (χ3n) is 1.84. The molecule has 17 heavy (non-hydrogen) atoms. The van der Waals surface area contributed by atoms with Crippen LogP contribution in [0.25, 0.3) is 0 Å². The Morgan fingerprint density at radius 1 is 1.18 bits per heavy atom. The number of benzene rings is 1. The van der Waals surface area contributed by atoms with E-state index >= 15 is 0 Å². The van der Waals surface area contributed by atoms with Gasteiger partial charge in [0.15, 0.2) is 5.69 Å². The molecule has 0 unspecified atom stereocenters. The molecule has 0 radical (unpaired) electrons. The summed E-state index contributed by atoms with van der Waals surface area (Å²) in [6.07, 6.45) is 2.72. The van der Waals surface area contributed by atoms with Gasteiger partial charge in [0.25, 0.3) is 0 Å². The fourth-order valence-corrected chi connectivity index (χ4v) is 1.66. The molecule has 0 aliphatic heterocycles. The standard InChI is InChI=1S/C11H6Cl2N2O2/c12-7-3-8(13)5-9(4-7)17-11(16)10-1-2-14-6-15-10/h1-6H. The Kier molecular flexibility index (Phi) is 3.56. The van der Waals surface area contributed by atoms with Crippen LogP contribution in [-0.4, -0.2) is 15.9 Å². The predicted octanol–water partition coefficient (Wildman–Crippen LogP) is 3.00. The molecule has 0 atom stereocenters. The maximum atomic E-state index is 11.6. The highest BCUT2D eigenvalue weighted by atomic mass is 35.5. The zero-order valence-electron chi connectivity index (χ0n) is 8.43. The van der Waals surface area contributed by atoms with Gasteiger partial charge >= 0.3 is 5.97 Å². The molecule has 0 bridgehead atoms. The molecule has 86 valence electrons. The van der Waals surface area contributed by atoms with Gasteiger partial charge in [-0.2, -0.15) is 0 Å². The molecule has 1 aromatic heterocycles. The fourth-order valence-electron chi connectivity index (χ4n) is 1.16. The number of esters is 1. The van der Waals surface area contributed by atoms with Crippen molar-refractivity contribution < 1.29 is 9.53 Å². The van der Waals surface area contributed by atoms with Crippen molar-refractivity contribution in [2.75, 3.05) is 0 Å². The van der Waals surface area contributed by atoms with Crippen LogP contribution in [0.15, 0.2) is 36.8 Å². The number of carbonyl (C=O) groups excluding carboxylic acids is 1. The Morgan fingerprint density at radius 3 is 2.47 bits per heavy atom. The Balaban J connectivity index is 2.19. The van der Waals surface area contributed by atoms with Crippen LogP contribution in [0, 0.1) is 0 Å². The van der Waals surface area contributed by atoms with E-state index in [4.69, 9.17) is 27.9 Å². The molecule has 0 amide bonds. The van der Waals surface area contributed by atoms with Gasteiger partial charge in [0.1, 0.15) is 12.1 Å². The quantitative estimate of drug-likeness (QED) is 0.621. The van der Waals surface area contributed by atoms with E-state index in [9.17, 15) is 4.79 Å². The highest BCUT2D eigenvalue weighted by Crippen LogP contribution is 2.24. The number of carbonyl (C=O) groups is 1. The second kappa shape index (κ2) is 5.12. The van der Waals surface area contributed by atoms with E-state index in [0.29, 0.717) is 10.0 Å². The molecule has 4 nitrogen and oxygen atoms in total. The highest BCUT2D eigenvalue weighted by Gasteiger charge is 2.10. The summed E-state index contributed by atoms with van der Waals surface area (Å²) in [5.41, 5.74) is 0.163. The molecule has 0 aliphatic rings. The van der Waals surface area contributed by atoms with Crippen molar-refractivity contribution in [2.24, 2.45) is 0 Å². The van der Waals surface area contributed by atoms with Crippen LogP contribution < -0.4 is 4.74 Å². The number of hydrogen-bond acceptors (Lipinski definition) is 4. The summed E-state index contributed by atoms with van der Waals surface area (Å²) in [7, 11) is 0. The summed E-state index contributed by atoms with van der Waals surface area (Å²) in [6.45, 7) is 0. The van der Waals surface area contributed by atoms with Crippen LogP contribution in [0.2, 0.25) is 10.0 Å². The van der Waals surface area contributed by atoms with Crippen molar-refractivity contribution in [3.05, 3.63) is 52.5 Å².